The minimum absolute atomic E-state index is 0.0323. The summed E-state index contributed by atoms with van der Waals surface area (Å²) in [5, 5.41) is 4.24. The molecule has 5 nitrogen and oxygen atoms in total. The van der Waals surface area contributed by atoms with E-state index in [1.165, 1.54) is 6.07 Å². The van der Waals surface area contributed by atoms with Crippen LogP contribution < -0.4 is 5.32 Å². The summed E-state index contributed by atoms with van der Waals surface area (Å²) in [5.41, 5.74) is 5.05. The zero-order valence-corrected chi connectivity index (χ0v) is 19.1. The number of halogens is 1. The lowest BCUT2D eigenvalue weighted by molar-refractivity contribution is 0.0842. The molecule has 166 valence electrons. The Hall–Kier alpha value is -2.77. The fourth-order valence-electron chi connectivity index (χ4n) is 5.05. The lowest BCUT2D eigenvalue weighted by atomic mass is 9.96. The van der Waals surface area contributed by atoms with Gasteiger partial charge in [-0.15, -0.1) is 0 Å². The monoisotopic (exact) mass is 450 g/mol. The predicted octanol–water partition coefficient (Wildman–Crippen LogP) is 4.78. The van der Waals surface area contributed by atoms with Gasteiger partial charge in [0.15, 0.2) is 5.11 Å². The SMILES string of the molecule is Cc1cc([C@H]2[C@@H](c3ccccn3)NC(=S)N2C[C@@H]2CCCO2)c(C)n1-c1cccc(F)c1. The summed E-state index contributed by atoms with van der Waals surface area (Å²) in [4.78, 5) is 6.88. The molecule has 2 aliphatic heterocycles. The van der Waals surface area contributed by atoms with Crippen LogP contribution in [-0.4, -0.2) is 38.8 Å². The molecule has 3 atom stereocenters. The quantitative estimate of drug-likeness (QED) is 0.567. The average Bonchev–Trinajstić information content (AvgIpc) is 3.48. The summed E-state index contributed by atoms with van der Waals surface area (Å²) >= 11 is 5.80. The molecular formula is C25H27FN4OS. The van der Waals surface area contributed by atoms with Gasteiger partial charge < -0.3 is 19.5 Å². The molecule has 0 spiro atoms. The Bertz CT molecular complexity index is 1130. The van der Waals surface area contributed by atoms with Crippen molar-refractivity contribution in [2.24, 2.45) is 0 Å². The van der Waals surface area contributed by atoms with E-state index in [1.54, 1.807) is 12.1 Å². The number of pyridine rings is 1. The van der Waals surface area contributed by atoms with E-state index in [0.717, 1.165) is 59.4 Å². The Labute approximate surface area is 193 Å². The van der Waals surface area contributed by atoms with Gasteiger partial charge in [0.2, 0.25) is 0 Å². The van der Waals surface area contributed by atoms with Gasteiger partial charge in [0.25, 0.3) is 0 Å². The summed E-state index contributed by atoms with van der Waals surface area (Å²) in [6, 6.07) is 14.8. The first kappa shape index (κ1) is 21.1. The number of benzene rings is 1. The molecule has 0 bridgehead atoms. The molecule has 2 aromatic heterocycles. The van der Waals surface area contributed by atoms with Gasteiger partial charge >= 0.3 is 0 Å². The summed E-state index contributed by atoms with van der Waals surface area (Å²) in [6.45, 7) is 5.70. The van der Waals surface area contributed by atoms with Crippen molar-refractivity contribution in [1.82, 2.24) is 19.8 Å². The van der Waals surface area contributed by atoms with Crippen LogP contribution >= 0.6 is 12.2 Å². The molecule has 7 heteroatoms. The molecule has 4 heterocycles. The maximum Gasteiger partial charge on any atom is 0.170 e. The van der Waals surface area contributed by atoms with Gasteiger partial charge in [-0.1, -0.05) is 12.1 Å². The maximum atomic E-state index is 14.0. The normalized spacial score (nSPS) is 23.0. The van der Waals surface area contributed by atoms with Crippen LogP contribution in [0.15, 0.2) is 54.7 Å². The average molecular weight is 451 g/mol. The van der Waals surface area contributed by atoms with Crippen LogP contribution in [0.4, 0.5) is 4.39 Å². The van der Waals surface area contributed by atoms with E-state index in [4.69, 9.17) is 17.0 Å². The first-order valence-corrected chi connectivity index (χ1v) is 11.5. The first-order valence-electron chi connectivity index (χ1n) is 11.1. The third kappa shape index (κ3) is 3.80. The molecule has 0 amide bonds. The molecule has 0 aliphatic carbocycles. The standard InChI is InChI=1S/C25H27FN4OS/c1-16-13-21(17(2)30(16)19-8-5-7-18(26)14-19)24-23(22-10-3-4-11-27-22)28-25(32)29(24)15-20-9-6-12-31-20/h3-5,7-8,10-11,13-14,20,23-24H,6,9,12,15H2,1-2H3,(H,28,32)/t20-,23+,24-/m0/s1. The maximum absolute atomic E-state index is 14.0. The van der Waals surface area contributed by atoms with E-state index in [-0.39, 0.29) is 24.0 Å². The molecule has 1 N–H and O–H groups in total. The highest BCUT2D eigenvalue weighted by Crippen LogP contribution is 2.42. The smallest absolute Gasteiger partial charge is 0.170 e. The van der Waals surface area contributed by atoms with E-state index in [2.05, 4.69) is 39.7 Å². The van der Waals surface area contributed by atoms with Crippen molar-refractivity contribution in [3.8, 4) is 5.69 Å². The number of thiocarbonyl (C=S) groups is 1. The Morgan fingerprint density at radius 3 is 2.78 bits per heavy atom. The molecule has 1 aromatic carbocycles. The van der Waals surface area contributed by atoms with E-state index in [1.807, 2.05) is 30.5 Å². The lowest BCUT2D eigenvalue weighted by Crippen LogP contribution is -2.36. The van der Waals surface area contributed by atoms with Crippen molar-refractivity contribution >= 4 is 17.3 Å². The van der Waals surface area contributed by atoms with Crippen molar-refractivity contribution < 1.29 is 9.13 Å². The van der Waals surface area contributed by atoms with Gasteiger partial charge in [-0.3, -0.25) is 4.98 Å². The van der Waals surface area contributed by atoms with E-state index >= 15 is 0 Å². The van der Waals surface area contributed by atoms with E-state index in [9.17, 15) is 4.39 Å². The number of ether oxygens (including phenoxy) is 1. The Balaban J connectivity index is 1.59. The summed E-state index contributed by atoms with van der Waals surface area (Å²) < 4.78 is 22.0. The number of aromatic nitrogens is 2. The summed E-state index contributed by atoms with van der Waals surface area (Å²) in [7, 11) is 0. The molecule has 32 heavy (non-hydrogen) atoms. The molecule has 2 aliphatic rings. The zero-order chi connectivity index (χ0) is 22.2. The van der Waals surface area contributed by atoms with Crippen molar-refractivity contribution in [2.45, 2.75) is 44.9 Å². The second-order valence-electron chi connectivity index (χ2n) is 8.56. The topological polar surface area (TPSA) is 42.3 Å². The van der Waals surface area contributed by atoms with E-state index < -0.39 is 0 Å². The van der Waals surface area contributed by atoms with Crippen molar-refractivity contribution in [3.05, 3.63) is 83.2 Å². The minimum Gasteiger partial charge on any atom is -0.376 e. The summed E-state index contributed by atoms with van der Waals surface area (Å²) in [5.74, 6) is -0.244. The Morgan fingerprint density at radius 2 is 2.06 bits per heavy atom. The third-order valence-corrected chi connectivity index (χ3v) is 6.83. The van der Waals surface area contributed by atoms with Crippen LogP contribution in [0.25, 0.3) is 5.69 Å². The first-order chi connectivity index (χ1) is 15.5. The van der Waals surface area contributed by atoms with E-state index in [0.29, 0.717) is 0 Å². The number of hydrogen-bond donors (Lipinski definition) is 1. The van der Waals surface area contributed by atoms with Gasteiger partial charge in [0.05, 0.1) is 23.9 Å². The molecule has 0 saturated carbocycles. The van der Waals surface area contributed by atoms with Gasteiger partial charge in [-0.05, 0) is 80.9 Å². The lowest BCUT2D eigenvalue weighted by Gasteiger charge is -2.30. The van der Waals surface area contributed by atoms with Crippen molar-refractivity contribution in [1.29, 1.82) is 0 Å². The van der Waals surface area contributed by atoms with Crippen molar-refractivity contribution in [3.63, 3.8) is 0 Å². The molecule has 2 fully saturated rings. The fourth-order valence-corrected chi connectivity index (χ4v) is 5.36. The van der Waals surface area contributed by atoms with Crippen LogP contribution in [-0.2, 0) is 4.74 Å². The zero-order valence-electron chi connectivity index (χ0n) is 18.3. The van der Waals surface area contributed by atoms with Gasteiger partial charge in [-0.2, -0.15) is 0 Å². The van der Waals surface area contributed by atoms with Gasteiger partial charge in [-0.25, -0.2) is 4.39 Å². The Kier molecular flexibility index (Phi) is 5.69. The second-order valence-corrected chi connectivity index (χ2v) is 8.94. The highest BCUT2D eigenvalue weighted by molar-refractivity contribution is 7.80. The van der Waals surface area contributed by atoms with Crippen LogP contribution in [0.2, 0.25) is 0 Å². The van der Waals surface area contributed by atoms with Crippen LogP contribution in [0, 0.1) is 19.7 Å². The molecular weight excluding hydrogens is 423 g/mol. The molecule has 5 rings (SSSR count). The van der Waals surface area contributed by atoms with Crippen LogP contribution in [0.1, 0.15) is 47.6 Å². The van der Waals surface area contributed by atoms with Gasteiger partial charge in [0, 0.05) is 36.4 Å². The highest BCUT2D eigenvalue weighted by atomic mass is 32.1. The van der Waals surface area contributed by atoms with Crippen LogP contribution in [0.3, 0.4) is 0 Å². The number of nitrogens with one attached hydrogen (secondary N) is 1. The number of hydrogen-bond acceptors (Lipinski definition) is 3. The van der Waals surface area contributed by atoms with Gasteiger partial charge in [0.1, 0.15) is 5.82 Å². The van der Waals surface area contributed by atoms with Crippen molar-refractivity contribution in [2.75, 3.05) is 13.2 Å². The molecule has 0 radical (unpaired) electrons. The predicted molar refractivity (Wildman–Crippen MR) is 126 cm³/mol. The fraction of sp³-hybridized carbons (Fsp3) is 0.360. The molecule has 0 unspecified atom stereocenters. The highest BCUT2D eigenvalue weighted by Gasteiger charge is 2.42. The molecule has 3 aromatic rings. The third-order valence-electron chi connectivity index (χ3n) is 6.48. The Morgan fingerprint density at radius 1 is 1.19 bits per heavy atom. The minimum atomic E-state index is -0.244. The largest absolute Gasteiger partial charge is 0.376 e. The molecule has 2 saturated heterocycles. The number of rotatable bonds is 5. The number of nitrogens with zero attached hydrogens (tertiary/aromatic N) is 3. The summed E-state index contributed by atoms with van der Waals surface area (Å²) in [6.07, 6.45) is 4.12. The number of aryl methyl sites for hydroxylation is 1. The van der Waals surface area contributed by atoms with Crippen LogP contribution in [0.5, 0.6) is 0 Å². The second kappa shape index (κ2) is 8.64.